The Morgan fingerprint density at radius 3 is 2.62 bits per heavy atom. The molecule has 0 N–H and O–H groups in total. The zero-order chi connectivity index (χ0) is 18.4. The Bertz CT molecular complexity index is 587. The third kappa shape index (κ3) is 4.81. The molecule has 2 fully saturated rings. The molecule has 1 aromatic rings. The van der Waals surface area contributed by atoms with E-state index in [4.69, 9.17) is 9.47 Å². The van der Waals surface area contributed by atoms with Crippen molar-refractivity contribution in [3.63, 3.8) is 0 Å². The molecular formula is C20H31N3O3. The molecule has 6 nitrogen and oxygen atoms in total. The van der Waals surface area contributed by atoms with E-state index in [-0.39, 0.29) is 12.2 Å². The highest BCUT2D eigenvalue weighted by molar-refractivity contribution is 5.69. The lowest BCUT2D eigenvalue weighted by Crippen LogP contribution is -2.46. The topological polar surface area (TPSA) is 45.2 Å². The van der Waals surface area contributed by atoms with Crippen LogP contribution in [0.5, 0.6) is 5.75 Å². The zero-order valence-corrected chi connectivity index (χ0v) is 16.0. The molecular weight excluding hydrogens is 330 g/mol. The van der Waals surface area contributed by atoms with Gasteiger partial charge in [0.15, 0.2) is 0 Å². The van der Waals surface area contributed by atoms with Crippen LogP contribution in [0.3, 0.4) is 0 Å². The summed E-state index contributed by atoms with van der Waals surface area (Å²) in [5.41, 5.74) is 1.21. The standard InChI is InChI=1S/C20H31N3O3/c1-3-25-19-10-5-4-9-18(19)23-14-12-22(13-15-23)11-7-6-8-17-16-21(2)20(24)26-17/h4-5,9-10,17H,3,6-8,11-16H2,1-2H3. The molecule has 0 bridgehead atoms. The number of para-hydroxylation sites is 2. The Hall–Kier alpha value is -1.95. The number of anilines is 1. The van der Waals surface area contributed by atoms with Crippen LogP contribution in [-0.4, -0.2) is 74.9 Å². The molecule has 2 saturated heterocycles. The van der Waals surface area contributed by atoms with Gasteiger partial charge in [-0.1, -0.05) is 12.1 Å². The second-order valence-corrected chi connectivity index (χ2v) is 7.11. The molecule has 26 heavy (non-hydrogen) atoms. The number of nitrogens with zero attached hydrogens (tertiary/aromatic N) is 3. The van der Waals surface area contributed by atoms with Gasteiger partial charge in [-0.15, -0.1) is 0 Å². The van der Waals surface area contributed by atoms with Crippen LogP contribution in [0, 0.1) is 0 Å². The van der Waals surface area contributed by atoms with Crippen molar-refractivity contribution in [3.8, 4) is 5.75 Å². The number of amides is 1. The molecule has 0 saturated carbocycles. The van der Waals surface area contributed by atoms with Crippen molar-refractivity contribution < 1.29 is 14.3 Å². The number of carbonyl (C=O) groups is 1. The van der Waals surface area contributed by atoms with E-state index in [1.54, 1.807) is 11.9 Å². The lowest BCUT2D eigenvalue weighted by atomic mass is 10.1. The monoisotopic (exact) mass is 361 g/mol. The van der Waals surface area contributed by atoms with Crippen molar-refractivity contribution in [3.05, 3.63) is 24.3 Å². The molecule has 0 aliphatic carbocycles. The Labute approximate surface area is 156 Å². The van der Waals surface area contributed by atoms with Crippen LogP contribution >= 0.6 is 0 Å². The number of likely N-dealkylation sites (N-methyl/N-ethyl adjacent to an activating group) is 1. The van der Waals surface area contributed by atoms with Crippen LogP contribution in [0.25, 0.3) is 0 Å². The largest absolute Gasteiger partial charge is 0.492 e. The highest BCUT2D eigenvalue weighted by atomic mass is 16.6. The number of unbranched alkanes of at least 4 members (excludes halogenated alkanes) is 1. The predicted octanol–water partition coefficient (Wildman–Crippen LogP) is 2.83. The second kappa shape index (κ2) is 9.12. The van der Waals surface area contributed by atoms with Gasteiger partial charge in [-0.2, -0.15) is 0 Å². The van der Waals surface area contributed by atoms with Crippen molar-refractivity contribution in [1.29, 1.82) is 0 Å². The number of piperazine rings is 1. The highest BCUT2D eigenvalue weighted by Crippen LogP contribution is 2.28. The quantitative estimate of drug-likeness (QED) is 0.666. The maximum Gasteiger partial charge on any atom is 0.409 e. The Balaban J connectivity index is 1.36. The van der Waals surface area contributed by atoms with Gasteiger partial charge in [-0.25, -0.2) is 4.79 Å². The Morgan fingerprint density at radius 1 is 1.15 bits per heavy atom. The first kappa shape index (κ1) is 18.8. The van der Waals surface area contributed by atoms with Crippen molar-refractivity contribution >= 4 is 11.8 Å². The van der Waals surface area contributed by atoms with Crippen molar-refractivity contribution in [2.45, 2.75) is 32.3 Å². The molecule has 0 aromatic heterocycles. The van der Waals surface area contributed by atoms with Crippen molar-refractivity contribution in [2.24, 2.45) is 0 Å². The summed E-state index contributed by atoms with van der Waals surface area (Å²) in [5, 5.41) is 0. The van der Waals surface area contributed by atoms with Crippen molar-refractivity contribution in [1.82, 2.24) is 9.80 Å². The number of hydrogen-bond donors (Lipinski definition) is 0. The van der Waals surface area contributed by atoms with Crippen LogP contribution in [0.1, 0.15) is 26.2 Å². The van der Waals surface area contributed by atoms with Crippen molar-refractivity contribution in [2.75, 3.05) is 57.8 Å². The maximum atomic E-state index is 11.4. The van der Waals surface area contributed by atoms with Crippen LogP contribution in [0.15, 0.2) is 24.3 Å². The summed E-state index contributed by atoms with van der Waals surface area (Å²) < 4.78 is 11.1. The number of benzene rings is 1. The van der Waals surface area contributed by atoms with E-state index < -0.39 is 0 Å². The average molecular weight is 361 g/mol. The summed E-state index contributed by atoms with van der Waals surface area (Å²) in [5.74, 6) is 0.986. The third-order valence-corrected chi connectivity index (χ3v) is 5.19. The minimum atomic E-state index is -0.182. The molecule has 2 aliphatic heterocycles. The van der Waals surface area contributed by atoms with Crippen LogP contribution in [0.2, 0.25) is 0 Å². The molecule has 0 radical (unpaired) electrons. The van der Waals surface area contributed by atoms with Gasteiger partial charge in [0.1, 0.15) is 11.9 Å². The molecule has 144 valence electrons. The molecule has 3 rings (SSSR count). The molecule has 1 unspecified atom stereocenters. The van der Waals surface area contributed by atoms with E-state index in [0.29, 0.717) is 6.61 Å². The minimum Gasteiger partial charge on any atom is -0.492 e. The van der Waals surface area contributed by atoms with E-state index in [9.17, 15) is 4.79 Å². The number of rotatable bonds is 8. The fraction of sp³-hybridized carbons (Fsp3) is 0.650. The van der Waals surface area contributed by atoms with Gasteiger partial charge in [0.05, 0.1) is 18.8 Å². The fourth-order valence-electron chi connectivity index (χ4n) is 3.72. The number of ether oxygens (including phenoxy) is 2. The second-order valence-electron chi connectivity index (χ2n) is 7.11. The van der Waals surface area contributed by atoms with Gasteiger partial charge in [0.2, 0.25) is 0 Å². The van der Waals surface area contributed by atoms with E-state index in [0.717, 1.165) is 64.3 Å². The third-order valence-electron chi connectivity index (χ3n) is 5.19. The van der Waals surface area contributed by atoms with Crippen LogP contribution in [-0.2, 0) is 4.74 Å². The zero-order valence-electron chi connectivity index (χ0n) is 16.0. The predicted molar refractivity (Wildman–Crippen MR) is 103 cm³/mol. The SMILES string of the molecule is CCOc1ccccc1N1CCN(CCCCC2CN(C)C(=O)O2)CC1. The van der Waals surface area contributed by atoms with Gasteiger partial charge < -0.3 is 19.3 Å². The van der Waals surface area contributed by atoms with Crippen LogP contribution in [0.4, 0.5) is 10.5 Å². The summed E-state index contributed by atoms with van der Waals surface area (Å²) in [7, 11) is 1.80. The molecule has 2 aliphatic rings. The smallest absolute Gasteiger partial charge is 0.409 e. The van der Waals surface area contributed by atoms with E-state index >= 15 is 0 Å². The van der Waals surface area contributed by atoms with Gasteiger partial charge >= 0.3 is 6.09 Å². The summed E-state index contributed by atoms with van der Waals surface area (Å²) in [6.07, 6.45) is 3.14. The summed E-state index contributed by atoms with van der Waals surface area (Å²) in [6.45, 7) is 8.82. The van der Waals surface area contributed by atoms with E-state index in [2.05, 4.69) is 28.0 Å². The summed E-state index contributed by atoms with van der Waals surface area (Å²) in [4.78, 5) is 18.0. The van der Waals surface area contributed by atoms with Gasteiger partial charge in [-0.05, 0) is 44.9 Å². The van der Waals surface area contributed by atoms with Gasteiger partial charge in [-0.3, -0.25) is 4.90 Å². The lowest BCUT2D eigenvalue weighted by Gasteiger charge is -2.36. The average Bonchev–Trinajstić information content (AvgIpc) is 2.98. The fourth-order valence-corrected chi connectivity index (χ4v) is 3.72. The van der Waals surface area contributed by atoms with Crippen LogP contribution < -0.4 is 9.64 Å². The Morgan fingerprint density at radius 2 is 1.92 bits per heavy atom. The Kier molecular flexibility index (Phi) is 6.61. The molecule has 1 atom stereocenters. The van der Waals surface area contributed by atoms with Gasteiger partial charge in [0.25, 0.3) is 0 Å². The first-order valence-corrected chi connectivity index (χ1v) is 9.78. The lowest BCUT2D eigenvalue weighted by molar-refractivity contribution is 0.128. The molecule has 1 aromatic carbocycles. The van der Waals surface area contributed by atoms with E-state index in [1.807, 2.05) is 13.0 Å². The summed E-state index contributed by atoms with van der Waals surface area (Å²) >= 11 is 0. The highest BCUT2D eigenvalue weighted by Gasteiger charge is 2.27. The first-order chi connectivity index (χ1) is 12.7. The van der Waals surface area contributed by atoms with Gasteiger partial charge in [0, 0.05) is 33.2 Å². The van der Waals surface area contributed by atoms with E-state index in [1.165, 1.54) is 5.69 Å². The number of hydrogen-bond acceptors (Lipinski definition) is 5. The normalized spacial score (nSPS) is 21.2. The minimum absolute atomic E-state index is 0.0828. The first-order valence-electron chi connectivity index (χ1n) is 9.78. The molecule has 0 spiro atoms. The molecule has 2 heterocycles. The maximum absolute atomic E-state index is 11.4. The molecule has 1 amide bonds. The molecule has 6 heteroatoms. The number of carbonyl (C=O) groups excluding carboxylic acids is 1. The number of cyclic esters (lactones) is 1. The summed E-state index contributed by atoms with van der Waals surface area (Å²) in [6, 6.07) is 8.32.